The minimum Gasteiger partial charge on any atom is -0.369 e. The molecule has 0 aliphatic heterocycles. The number of hydrogen-bond acceptors (Lipinski definition) is 2. The topological polar surface area (TPSA) is 21.3 Å². The number of hydrogen-bond donors (Lipinski definition) is 1. The minimum atomic E-state index is 0.188. The fourth-order valence-electron chi connectivity index (χ4n) is 3.02. The third kappa shape index (κ3) is 4.60. The Morgan fingerprint density at radius 2 is 1.95 bits per heavy atom. The quantitative estimate of drug-likeness (QED) is 0.748. The van der Waals surface area contributed by atoms with E-state index in [-0.39, 0.29) is 6.10 Å². The summed E-state index contributed by atoms with van der Waals surface area (Å²) in [6.45, 7) is 6.52. The van der Waals surface area contributed by atoms with Gasteiger partial charge in [-0.25, -0.2) is 0 Å². The van der Waals surface area contributed by atoms with E-state index in [2.05, 4.69) is 49.5 Å². The van der Waals surface area contributed by atoms with Gasteiger partial charge in [-0.2, -0.15) is 0 Å². The standard InChI is InChI=1S/C18H29NO/c1-3-13-19-14-18(16-10-5-4-6-11-16)20-17-12-8-7-9-15(17)2/h4-6,10-11,15,17-19H,3,7-9,12-14H2,1-2H3. The molecule has 0 spiro atoms. The number of benzene rings is 1. The van der Waals surface area contributed by atoms with E-state index in [1.54, 1.807) is 0 Å². The van der Waals surface area contributed by atoms with Crippen LogP contribution in [0.25, 0.3) is 0 Å². The molecule has 1 aromatic rings. The van der Waals surface area contributed by atoms with Crippen LogP contribution in [0.3, 0.4) is 0 Å². The summed E-state index contributed by atoms with van der Waals surface area (Å²) >= 11 is 0. The summed E-state index contributed by atoms with van der Waals surface area (Å²) < 4.78 is 6.47. The first kappa shape index (κ1) is 15.5. The normalized spacial score (nSPS) is 24.5. The van der Waals surface area contributed by atoms with Crippen LogP contribution in [0.4, 0.5) is 0 Å². The maximum absolute atomic E-state index is 6.47. The highest BCUT2D eigenvalue weighted by atomic mass is 16.5. The second-order valence-corrected chi connectivity index (χ2v) is 6.04. The molecular formula is C18H29NO. The number of ether oxygens (including phenoxy) is 1. The van der Waals surface area contributed by atoms with Crippen molar-refractivity contribution in [2.75, 3.05) is 13.1 Å². The van der Waals surface area contributed by atoms with Crippen LogP contribution in [0, 0.1) is 5.92 Å². The molecule has 0 heterocycles. The summed E-state index contributed by atoms with van der Waals surface area (Å²) in [5.41, 5.74) is 1.30. The molecule has 112 valence electrons. The van der Waals surface area contributed by atoms with Crippen molar-refractivity contribution in [1.82, 2.24) is 5.32 Å². The molecule has 0 bridgehead atoms. The molecule has 0 aromatic heterocycles. The van der Waals surface area contributed by atoms with Crippen molar-refractivity contribution in [2.45, 2.75) is 58.2 Å². The fourth-order valence-corrected chi connectivity index (χ4v) is 3.02. The van der Waals surface area contributed by atoms with Crippen molar-refractivity contribution < 1.29 is 4.74 Å². The van der Waals surface area contributed by atoms with Crippen molar-refractivity contribution >= 4 is 0 Å². The molecule has 1 N–H and O–H groups in total. The van der Waals surface area contributed by atoms with Crippen LogP contribution in [0.1, 0.15) is 57.6 Å². The molecule has 0 radical (unpaired) electrons. The summed E-state index contributed by atoms with van der Waals surface area (Å²) in [6.07, 6.45) is 7.00. The summed E-state index contributed by atoms with van der Waals surface area (Å²) in [6, 6.07) is 10.7. The Hall–Kier alpha value is -0.860. The lowest BCUT2D eigenvalue weighted by molar-refractivity contribution is -0.0563. The maximum Gasteiger partial charge on any atom is 0.0953 e. The highest BCUT2D eigenvalue weighted by molar-refractivity contribution is 5.18. The zero-order chi connectivity index (χ0) is 14.2. The minimum absolute atomic E-state index is 0.188. The molecule has 3 atom stereocenters. The zero-order valence-electron chi connectivity index (χ0n) is 13.0. The first-order valence-electron chi connectivity index (χ1n) is 8.22. The molecule has 1 saturated carbocycles. The van der Waals surface area contributed by atoms with E-state index >= 15 is 0 Å². The van der Waals surface area contributed by atoms with Crippen molar-refractivity contribution in [3.63, 3.8) is 0 Å². The van der Waals surface area contributed by atoms with Gasteiger partial charge < -0.3 is 10.1 Å². The van der Waals surface area contributed by atoms with Gasteiger partial charge in [-0.05, 0) is 37.3 Å². The van der Waals surface area contributed by atoms with Gasteiger partial charge in [0.1, 0.15) is 0 Å². The SMILES string of the molecule is CCCNCC(OC1CCCCC1C)c1ccccc1. The Morgan fingerprint density at radius 3 is 2.65 bits per heavy atom. The molecule has 2 nitrogen and oxygen atoms in total. The molecule has 20 heavy (non-hydrogen) atoms. The third-order valence-electron chi connectivity index (χ3n) is 4.30. The van der Waals surface area contributed by atoms with Gasteiger partial charge in [0.15, 0.2) is 0 Å². The molecule has 0 amide bonds. The van der Waals surface area contributed by atoms with E-state index in [4.69, 9.17) is 4.74 Å². The van der Waals surface area contributed by atoms with E-state index in [1.165, 1.54) is 37.7 Å². The van der Waals surface area contributed by atoms with E-state index in [1.807, 2.05) is 0 Å². The Balaban J connectivity index is 1.98. The molecule has 2 heteroatoms. The first-order chi connectivity index (χ1) is 9.81. The lowest BCUT2D eigenvalue weighted by atomic mass is 9.87. The summed E-state index contributed by atoms with van der Waals surface area (Å²) in [7, 11) is 0. The van der Waals surface area contributed by atoms with E-state index in [9.17, 15) is 0 Å². The van der Waals surface area contributed by atoms with Gasteiger partial charge in [-0.3, -0.25) is 0 Å². The molecule has 1 aliphatic carbocycles. The lowest BCUT2D eigenvalue weighted by Gasteiger charge is -2.32. The summed E-state index contributed by atoms with van der Waals surface area (Å²) in [5.74, 6) is 0.695. The highest BCUT2D eigenvalue weighted by Crippen LogP contribution is 2.30. The maximum atomic E-state index is 6.47. The van der Waals surface area contributed by atoms with Gasteiger partial charge in [0, 0.05) is 6.54 Å². The Kier molecular flexibility index (Phi) is 6.55. The lowest BCUT2D eigenvalue weighted by Crippen LogP contribution is -2.32. The third-order valence-corrected chi connectivity index (χ3v) is 4.30. The van der Waals surface area contributed by atoms with Crippen LogP contribution in [0.15, 0.2) is 30.3 Å². The molecule has 0 saturated heterocycles. The monoisotopic (exact) mass is 275 g/mol. The van der Waals surface area contributed by atoms with Gasteiger partial charge >= 0.3 is 0 Å². The second-order valence-electron chi connectivity index (χ2n) is 6.04. The van der Waals surface area contributed by atoms with Crippen molar-refractivity contribution in [2.24, 2.45) is 5.92 Å². The summed E-state index contributed by atoms with van der Waals surface area (Å²) in [5, 5.41) is 3.51. The predicted molar refractivity (Wildman–Crippen MR) is 84.8 cm³/mol. The van der Waals surface area contributed by atoms with Gasteiger partial charge in [0.25, 0.3) is 0 Å². The Morgan fingerprint density at radius 1 is 1.20 bits per heavy atom. The first-order valence-corrected chi connectivity index (χ1v) is 8.22. The molecule has 2 rings (SSSR count). The molecular weight excluding hydrogens is 246 g/mol. The summed E-state index contributed by atoms with van der Waals surface area (Å²) in [4.78, 5) is 0. The molecule has 1 aromatic carbocycles. The Bertz CT molecular complexity index is 365. The van der Waals surface area contributed by atoms with E-state index in [0.29, 0.717) is 12.0 Å². The van der Waals surface area contributed by atoms with Crippen LogP contribution in [-0.4, -0.2) is 19.2 Å². The second kappa shape index (κ2) is 8.43. The van der Waals surface area contributed by atoms with E-state index < -0.39 is 0 Å². The van der Waals surface area contributed by atoms with Crippen molar-refractivity contribution in [3.05, 3.63) is 35.9 Å². The predicted octanol–water partition coefficient (Wildman–Crippen LogP) is 4.32. The van der Waals surface area contributed by atoms with E-state index in [0.717, 1.165) is 13.1 Å². The number of nitrogens with one attached hydrogen (secondary N) is 1. The van der Waals surface area contributed by atoms with Gasteiger partial charge in [0.2, 0.25) is 0 Å². The van der Waals surface area contributed by atoms with Crippen LogP contribution in [0.5, 0.6) is 0 Å². The molecule has 1 aliphatic rings. The zero-order valence-corrected chi connectivity index (χ0v) is 13.0. The smallest absolute Gasteiger partial charge is 0.0953 e. The average Bonchev–Trinajstić information content (AvgIpc) is 2.49. The van der Waals surface area contributed by atoms with Crippen molar-refractivity contribution in [1.29, 1.82) is 0 Å². The number of rotatable bonds is 7. The van der Waals surface area contributed by atoms with Gasteiger partial charge in [0.05, 0.1) is 12.2 Å². The van der Waals surface area contributed by atoms with Gasteiger partial charge in [-0.15, -0.1) is 0 Å². The van der Waals surface area contributed by atoms with Crippen LogP contribution in [0.2, 0.25) is 0 Å². The molecule has 1 fully saturated rings. The fraction of sp³-hybridized carbons (Fsp3) is 0.667. The van der Waals surface area contributed by atoms with Crippen LogP contribution >= 0.6 is 0 Å². The van der Waals surface area contributed by atoms with Crippen LogP contribution < -0.4 is 5.32 Å². The largest absolute Gasteiger partial charge is 0.369 e. The van der Waals surface area contributed by atoms with Gasteiger partial charge in [-0.1, -0.05) is 57.0 Å². The van der Waals surface area contributed by atoms with Crippen molar-refractivity contribution in [3.8, 4) is 0 Å². The highest BCUT2D eigenvalue weighted by Gasteiger charge is 2.25. The average molecular weight is 275 g/mol. The molecule has 3 unspecified atom stereocenters. The Labute approximate surface area is 123 Å². The van der Waals surface area contributed by atoms with Crippen LogP contribution in [-0.2, 0) is 4.74 Å².